The van der Waals surface area contributed by atoms with E-state index in [9.17, 15) is 13.2 Å². The maximum atomic E-state index is 12.4. The van der Waals surface area contributed by atoms with Crippen molar-refractivity contribution >= 4 is 33.0 Å². The number of ether oxygens (including phenoxy) is 1. The Morgan fingerprint density at radius 1 is 1.04 bits per heavy atom. The highest BCUT2D eigenvalue weighted by Gasteiger charge is 2.14. The number of benzene rings is 3. The number of carbonyl (C=O) groups is 1. The van der Waals surface area contributed by atoms with Crippen LogP contribution in [0, 0.1) is 0 Å². The standard InChI is InChI=1S/C19H15NO5S/c1-25-18-11-8-13-4-2-3-5-16(13)17(18)12-20-26(23,24)15-9-6-14(7-10-15)19(21)22/h2-12H,1H3,(H,21,22)/b20-12+. The molecule has 3 rings (SSSR count). The number of carboxylic acid groups (broad SMARTS) is 1. The Balaban J connectivity index is 2.03. The molecule has 0 atom stereocenters. The van der Waals surface area contributed by atoms with Gasteiger partial charge in [0.2, 0.25) is 0 Å². The number of carboxylic acids is 1. The Labute approximate surface area is 150 Å². The SMILES string of the molecule is COc1ccc2ccccc2c1/C=N/S(=O)(=O)c1ccc(C(=O)O)cc1. The molecule has 3 aromatic carbocycles. The second-order valence-electron chi connectivity index (χ2n) is 5.44. The van der Waals surface area contributed by atoms with Crippen molar-refractivity contribution in [3.63, 3.8) is 0 Å². The van der Waals surface area contributed by atoms with Crippen LogP contribution in [-0.4, -0.2) is 32.8 Å². The molecular formula is C19H15NO5S. The molecule has 0 amide bonds. The van der Waals surface area contributed by atoms with Crippen LogP contribution >= 0.6 is 0 Å². The van der Waals surface area contributed by atoms with Gasteiger partial charge >= 0.3 is 5.97 Å². The maximum Gasteiger partial charge on any atom is 0.335 e. The Bertz CT molecular complexity index is 1100. The lowest BCUT2D eigenvalue weighted by Gasteiger charge is -2.08. The fraction of sp³-hybridized carbons (Fsp3) is 0.0526. The van der Waals surface area contributed by atoms with Gasteiger partial charge in [-0.2, -0.15) is 12.8 Å². The van der Waals surface area contributed by atoms with Crippen LogP contribution in [-0.2, 0) is 10.0 Å². The zero-order valence-corrected chi connectivity index (χ0v) is 14.6. The summed E-state index contributed by atoms with van der Waals surface area (Å²) in [4.78, 5) is 10.8. The van der Waals surface area contributed by atoms with Crippen LogP contribution < -0.4 is 4.74 Å². The Kier molecular flexibility index (Phi) is 4.73. The van der Waals surface area contributed by atoms with Crippen LogP contribution in [0.2, 0.25) is 0 Å². The number of rotatable bonds is 5. The molecule has 0 heterocycles. The summed E-state index contributed by atoms with van der Waals surface area (Å²) in [5, 5.41) is 10.6. The molecule has 26 heavy (non-hydrogen) atoms. The van der Waals surface area contributed by atoms with E-state index in [0.717, 1.165) is 10.8 Å². The van der Waals surface area contributed by atoms with E-state index in [1.54, 1.807) is 6.07 Å². The summed E-state index contributed by atoms with van der Waals surface area (Å²) in [6, 6.07) is 16.0. The molecule has 0 saturated carbocycles. The summed E-state index contributed by atoms with van der Waals surface area (Å²) < 4.78 is 33.9. The third kappa shape index (κ3) is 3.43. The highest BCUT2D eigenvalue weighted by atomic mass is 32.2. The molecule has 7 heteroatoms. The third-order valence-corrected chi connectivity index (χ3v) is 5.12. The van der Waals surface area contributed by atoms with E-state index in [4.69, 9.17) is 9.84 Å². The van der Waals surface area contributed by atoms with Gasteiger partial charge in [-0.3, -0.25) is 0 Å². The number of hydrogen-bond acceptors (Lipinski definition) is 4. The van der Waals surface area contributed by atoms with E-state index in [0.29, 0.717) is 11.3 Å². The molecule has 0 aliphatic heterocycles. The quantitative estimate of drug-likeness (QED) is 0.696. The summed E-state index contributed by atoms with van der Waals surface area (Å²) >= 11 is 0. The molecule has 1 N–H and O–H groups in total. The minimum atomic E-state index is -3.97. The lowest BCUT2D eigenvalue weighted by molar-refractivity contribution is 0.0696. The van der Waals surface area contributed by atoms with Crippen LogP contribution in [0.1, 0.15) is 15.9 Å². The topological polar surface area (TPSA) is 93.0 Å². The van der Waals surface area contributed by atoms with Crippen LogP contribution in [0.25, 0.3) is 10.8 Å². The van der Waals surface area contributed by atoms with Crippen molar-refractivity contribution in [2.75, 3.05) is 7.11 Å². The van der Waals surface area contributed by atoms with Crippen molar-refractivity contribution in [2.45, 2.75) is 4.90 Å². The molecule has 6 nitrogen and oxygen atoms in total. The number of methoxy groups -OCH3 is 1. The van der Waals surface area contributed by atoms with E-state index < -0.39 is 16.0 Å². The average Bonchev–Trinajstić information content (AvgIpc) is 2.66. The summed E-state index contributed by atoms with van der Waals surface area (Å²) in [5.41, 5.74) is 0.556. The van der Waals surface area contributed by atoms with Gasteiger partial charge in [-0.25, -0.2) is 4.79 Å². The first kappa shape index (κ1) is 17.6. The molecular weight excluding hydrogens is 354 g/mol. The number of fused-ring (bicyclic) bond motifs is 1. The summed E-state index contributed by atoms with van der Waals surface area (Å²) in [5.74, 6) is -0.623. The van der Waals surface area contributed by atoms with Gasteiger partial charge in [0.1, 0.15) is 5.75 Å². The van der Waals surface area contributed by atoms with E-state index in [-0.39, 0.29) is 10.5 Å². The van der Waals surface area contributed by atoms with Crippen LogP contribution in [0.5, 0.6) is 5.75 Å². The van der Waals surface area contributed by atoms with Gasteiger partial charge in [-0.15, -0.1) is 0 Å². The van der Waals surface area contributed by atoms with Crippen LogP contribution in [0.3, 0.4) is 0 Å². The number of nitrogens with zero attached hydrogens (tertiary/aromatic N) is 1. The van der Waals surface area contributed by atoms with Crippen LogP contribution in [0.4, 0.5) is 0 Å². The lowest BCUT2D eigenvalue weighted by atomic mass is 10.0. The molecule has 0 aliphatic carbocycles. The Hall–Kier alpha value is -3.19. The summed E-state index contributed by atoms with van der Waals surface area (Å²) in [6.45, 7) is 0. The molecule has 0 radical (unpaired) electrons. The molecule has 0 fully saturated rings. The predicted molar refractivity (Wildman–Crippen MR) is 98.7 cm³/mol. The van der Waals surface area contributed by atoms with E-state index >= 15 is 0 Å². The lowest BCUT2D eigenvalue weighted by Crippen LogP contribution is -2.01. The van der Waals surface area contributed by atoms with Crippen molar-refractivity contribution < 1.29 is 23.1 Å². The van der Waals surface area contributed by atoms with E-state index in [1.807, 2.05) is 30.3 Å². The fourth-order valence-corrected chi connectivity index (χ4v) is 3.39. The molecule has 0 unspecified atom stereocenters. The van der Waals surface area contributed by atoms with Gasteiger partial charge in [0.15, 0.2) is 0 Å². The average molecular weight is 369 g/mol. The van der Waals surface area contributed by atoms with Gasteiger partial charge in [-0.05, 0) is 41.1 Å². The van der Waals surface area contributed by atoms with Gasteiger partial charge in [0.05, 0.1) is 23.8 Å². The predicted octanol–water partition coefficient (Wildman–Crippen LogP) is 3.35. The fourth-order valence-electron chi connectivity index (χ4n) is 2.54. The van der Waals surface area contributed by atoms with Crippen molar-refractivity contribution in [3.05, 3.63) is 71.8 Å². The largest absolute Gasteiger partial charge is 0.496 e. The van der Waals surface area contributed by atoms with Crippen molar-refractivity contribution in [1.29, 1.82) is 0 Å². The normalized spacial score (nSPS) is 11.7. The third-order valence-electron chi connectivity index (χ3n) is 3.87. The highest BCUT2D eigenvalue weighted by Crippen LogP contribution is 2.27. The van der Waals surface area contributed by atoms with Crippen molar-refractivity contribution in [3.8, 4) is 5.75 Å². The van der Waals surface area contributed by atoms with Gasteiger partial charge in [0.25, 0.3) is 10.0 Å². The van der Waals surface area contributed by atoms with E-state index in [1.165, 1.54) is 37.6 Å². The molecule has 132 valence electrons. The summed E-state index contributed by atoms with van der Waals surface area (Å²) in [7, 11) is -2.47. The second-order valence-corrected chi connectivity index (χ2v) is 7.07. The number of aromatic carboxylic acids is 1. The molecule has 3 aromatic rings. The zero-order chi connectivity index (χ0) is 18.7. The number of hydrogen-bond donors (Lipinski definition) is 1. The van der Waals surface area contributed by atoms with Crippen molar-refractivity contribution in [2.24, 2.45) is 4.40 Å². The monoisotopic (exact) mass is 369 g/mol. The minimum absolute atomic E-state index is 0.00338. The molecule has 0 aliphatic rings. The Morgan fingerprint density at radius 2 is 1.73 bits per heavy atom. The highest BCUT2D eigenvalue weighted by molar-refractivity contribution is 7.90. The smallest absolute Gasteiger partial charge is 0.335 e. The first-order chi connectivity index (χ1) is 12.4. The second kappa shape index (κ2) is 6.97. The minimum Gasteiger partial charge on any atom is -0.496 e. The molecule has 0 bridgehead atoms. The Morgan fingerprint density at radius 3 is 2.38 bits per heavy atom. The van der Waals surface area contributed by atoms with E-state index in [2.05, 4.69) is 4.40 Å². The summed E-state index contributed by atoms with van der Waals surface area (Å²) in [6.07, 6.45) is 1.25. The first-order valence-corrected chi connectivity index (χ1v) is 9.06. The van der Waals surface area contributed by atoms with Gasteiger partial charge < -0.3 is 9.84 Å². The number of sulfonamides is 1. The first-order valence-electron chi connectivity index (χ1n) is 7.62. The maximum absolute atomic E-state index is 12.4. The van der Waals surface area contributed by atoms with Crippen LogP contribution in [0.15, 0.2) is 70.0 Å². The van der Waals surface area contributed by atoms with Gasteiger partial charge in [0, 0.05) is 5.56 Å². The van der Waals surface area contributed by atoms with Crippen molar-refractivity contribution in [1.82, 2.24) is 0 Å². The zero-order valence-electron chi connectivity index (χ0n) is 13.8. The molecule has 0 aromatic heterocycles. The molecule has 0 saturated heterocycles. The van der Waals surface area contributed by atoms with Gasteiger partial charge in [-0.1, -0.05) is 30.3 Å². The molecule has 0 spiro atoms.